The lowest BCUT2D eigenvalue weighted by molar-refractivity contribution is 0.112. The first-order chi connectivity index (χ1) is 11.1. The standard InChI is InChI=1S/C16H25ClN6/c1-21-8-4-5-12(16(21)13-6-7-20-23(13)3)9-18-11-15-19-10-14(17)22(15)2/h6-7,10,12,16,18H,4-5,8-9,11H2,1-3H3/t12-,16+/m0/s1. The summed E-state index contributed by atoms with van der Waals surface area (Å²) in [4.78, 5) is 6.79. The van der Waals surface area contributed by atoms with Crippen LogP contribution in [0, 0.1) is 5.92 Å². The van der Waals surface area contributed by atoms with Crippen molar-refractivity contribution in [1.29, 1.82) is 0 Å². The van der Waals surface area contributed by atoms with Crippen LogP contribution in [0.3, 0.4) is 0 Å². The quantitative estimate of drug-likeness (QED) is 0.907. The third-order valence-electron chi connectivity index (χ3n) is 4.89. The number of piperidine rings is 1. The van der Waals surface area contributed by atoms with Crippen LogP contribution in [0.15, 0.2) is 18.5 Å². The second-order valence-corrected chi connectivity index (χ2v) is 6.78. The van der Waals surface area contributed by atoms with Crippen molar-refractivity contribution in [3.8, 4) is 0 Å². The molecule has 1 aliphatic rings. The molecular weight excluding hydrogens is 312 g/mol. The third kappa shape index (κ3) is 3.44. The number of halogens is 1. The van der Waals surface area contributed by atoms with Gasteiger partial charge in [0.05, 0.1) is 24.5 Å². The summed E-state index contributed by atoms with van der Waals surface area (Å²) in [5.41, 5.74) is 1.29. The number of aryl methyl sites for hydroxylation is 1. The first-order valence-corrected chi connectivity index (χ1v) is 8.50. The Morgan fingerprint density at radius 2 is 2.17 bits per heavy atom. The molecule has 23 heavy (non-hydrogen) atoms. The summed E-state index contributed by atoms with van der Waals surface area (Å²) < 4.78 is 3.91. The van der Waals surface area contributed by atoms with Crippen LogP contribution in [-0.2, 0) is 20.6 Å². The SMILES string of the molecule is CN1CCC[C@@H](CNCc2ncc(Cl)n2C)[C@@H]1c1ccnn1C. The Morgan fingerprint density at radius 3 is 2.83 bits per heavy atom. The van der Waals surface area contributed by atoms with Crippen molar-refractivity contribution in [3.05, 3.63) is 35.1 Å². The third-order valence-corrected chi connectivity index (χ3v) is 5.24. The van der Waals surface area contributed by atoms with E-state index in [0.717, 1.165) is 25.5 Å². The van der Waals surface area contributed by atoms with Crippen LogP contribution < -0.4 is 5.32 Å². The first-order valence-electron chi connectivity index (χ1n) is 8.13. The summed E-state index contributed by atoms with van der Waals surface area (Å²) in [6.07, 6.45) is 6.06. The minimum atomic E-state index is 0.411. The Kier molecular flexibility index (Phi) is 5.04. The number of nitrogens with zero attached hydrogens (tertiary/aromatic N) is 5. The maximum atomic E-state index is 6.04. The van der Waals surface area contributed by atoms with Crippen LogP contribution in [-0.4, -0.2) is 44.4 Å². The molecule has 0 unspecified atom stereocenters. The molecule has 0 aliphatic carbocycles. The Bertz CT molecular complexity index is 649. The fraction of sp³-hybridized carbons (Fsp3) is 0.625. The zero-order chi connectivity index (χ0) is 16.4. The van der Waals surface area contributed by atoms with Crippen molar-refractivity contribution in [3.63, 3.8) is 0 Å². The zero-order valence-electron chi connectivity index (χ0n) is 14.0. The molecule has 3 rings (SSSR count). The molecule has 1 fully saturated rings. The zero-order valence-corrected chi connectivity index (χ0v) is 14.8. The van der Waals surface area contributed by atoms with Crippen molar-refractivity contribution in [2.45, 2.75) is 25.4 Å². The van der Waals surface area contributed by atoms with Crippen LogP contribution in [0.5, 0.6) is 0 Å². The minimum absolute atomic E-state index is 0.411. The highest BCUT2D eigenvalue weighted by Crippen LogP contribution is 2.34. The van der Waals surface area contributed by atoms with Gasteiger partial charge in [0.15, 0.2) is 0 Å². The van der Waals surface area contributed by atoms with Gasteiger partial charge in [-0.2, -0.15) is 5.10 Å². The Hall–Kier alpha value is -1.37. The van der Waals surface area contributed by atoms with E-state index in [-0.39, 0.29) is 0 Å². The average molecular weight is 337 g/mol. The van der Waals surface area contributed by atoms with Gasteiger partial charge in [-0.05, 0) is 38.4 Å². The van der Waals surface area contributed by atoms with Crippen LogP contribution in [0.1, 0.15) is 30.4 Å². The number of likely N-dealkylation sites (tertiary alicyclic amines) is 1. The molecule has 7 heteroatoms. The monoisotopic (exact) mass is 336 g/mol. The molecule has 0 bridgehead atoms. The predicted octanol–water partition coefficient (Wildman–Crippen LogP) is 1.98. The molecule has 0 radical (unpaired) electrons. The highest BCUT2D eigenvalue weighted by atomic mass is 35.5. The van der Waals surface area contributed by atoms with Gasteiger partial charge in [-0.25, -0.2) is 4.98 Å². The highest BCUT2D eigenvalue weighted by Gasteiger charge is 2.32. The molecule has 6 nitrogen and oxygen atoms in total. The summed E-state index contributed by atoms with van der Waals surface area (Å²) >= 11 is 6.04. The van der Waals surface area contributed by atoms with Crippen molar-refractivity contribution in [2.75, 3.05) is 20.1 Å². The Morgan fingerprint density at radius 1 is 1.35 bits per heavy atom. The molecule has 2 atom stereocenters. The highest BCUT2D eigenvalue weighted by molar-refractivity contribution is 6.29. The fourth-order valence-electron chi connectivity index (χ4n) is 3.57. The van der Waals surface area contributed by atoms with Gasteiger partial charge in [0.25, 0.3) is 0 Å². The van der Waals surface area contributed by atoms with Crippen LogP contribution in [0.4, 0.5) is 0 Å². The summed E-state index contributed by atoms with van der Waals surface area (Å²) in [5, 5.41) is 8.58. The fourth-order valence-corrected chi connectivity index (χ4v) is 3.72. The number of hydrogen-bond acceptors (Lipinski definition) is 4. The maximum Gasteiger partial charge on any atom is 0.128 e. The average Bonchev–Trinajstić information content (AvgIpc) is 3.08. The molecule has 1 aliphatic heterocycles. The largest absolute Gasteiger partial charge is 0.321 e. The number of imidazole rings is 1. The molecule has 0 saturated carbocycles. The Balaban J connectivity index is 1.65. The second kappa shape index (κ2) is 7.03. The Labute approximate surface area is 142 Å². The van der Waals surface area contributed by atoms with Gasteiger partial charge in [0.2, 0.25) is 0 Å². The van der Waals surface area contributed by atoms with Crippen LogP contribution in [0.25, 0.3) is 0 Å². The molecule has 0 spiro atoms. The van der Waals surface area contributed by atoms with Gasteiger partial charge in [0.1, 0.15) is 11.0 Å². The van der Waals surface area contributed by atoms with Crippen molar-refractivity contribution in [1.82, 2.24) is 29.5 Å². The molecule has 0 aromatic carbocycles. The van der Waals surface area contributed by atoms with E-state index in [1.807, 2.05) is 29.5 Å². The van der Waals surface area contributed by atoms with Gasteiger partial charge in [-0.15, -0.1) is 0 Å². The van der Waals surface area contributed by atoms with Crippen molar-refractivity contribution < 1.29 is 0 Å². The summed E-state index contributed by atoms with van der Waals surface area (Å²) in [5.74, 6) is 1.54. The van der Waals surface area contributed by atoms with Gasteiger partial charge < -0.3 is 9.88 Å². The summed E-state index contributed by atoms with van der Waals surface area (Å²) in [6, 6.07) is 2.55. The maximum absolute atomic E-state index is 6.04. The minimum Gasteiger partial charge on any atom is -0.321 e. The van der Waals surface area contributed by atoms with E-state index in [0.29, 0.717) is 17.1 Å². The lowest BCUT2D eigenvalue weighted by Gasteiger charge is -2.39. The molecule has 126 valence electrons. The van der Waals surface area contributed by atoms with E-state index >= 15 is 0 Å². The molecule has 1 N–H and O–H groups in total. The molecular formula is C16H25ClN6. The molecule has 2 aromatic heterocycles. The summed E-state index contributed by atoms with van der Waals surface area (Å²) in [7, 11) is 6.18. The topological polar surface area (TPSA) is 50.9 Å². The van der Waals surface area contributed by atoms with E-state index in [4.69, 9.17) is 11.6 Å². The van der Waals surface area contributed by atoms with E-state index < -0.39 is 0 Å². The van der Waals surface area contributed by atoms with Gasteiger partial charge >= 0.3 is 0 Å². The predicted molar refractivity (Wildman–Crippen MR) is 91.2 cm³/mol. The van der Waals surface area contributed by atoms with Crippen molar-refractivity contribution >= 4 is 11.6 Å². The van der Waals surface area contributed by atoms with Gasteiger partial charge in [0, 0.05) is 26.8 Å². The number of hydrogen-bond donors (Lipinski definition) is 1. The first kappa shape index (κ1) is 16.5. The number of aromatic nitrogens is 4. The van der Waals surface area contributed by atoms with Crippen LogP contribution >= 0.6 is 11.6 Å². The summed E-state index contributed by atoms with van der Waals surface area (Å²) in [6.45, 7) is 2.84. The second-order valence-electron chi connectivity index (χ2n) is 6.39. The normalized spacial score (nSPS) is 22.6. The van der Waals surface area contributed by atoms with Crippen molar-refractivity contribution in [2.24, 2.45) is 20.0 Å². The lowest BCUT2D eigenvalue weighted by atomic mass is 9.87. The molecule has 3 heterocycles. The van der Waals surface area contributed by atoms with Crippen LogP contribution in [0.2, 0.25) is 5.15 Å². The number of rotatable bonds is 5. The smallest absolute Gasteiger partial charge is 0.128 e. The molecule has 1 saturated heterocycles. The van der Waals surface area contributed by atoms with E-state index in [9.17, 15) is 0 Å². The van der Waals surface area contributed by atoms with Gasteiger partial charge in [-0.3, -0.25) is 9.58 Å². The van der Waals surface area contributed by atoms with Gasteiger partial charge in [-0.1, -0.05) is 11.6 Å². The lowest BCUT2D eigenvalue weighted by Crippen LogP contribution is -2.41. The number of nitrogens with one attached hydrogen (secondary N) is 1. The van der Waals surface area contributed by atoms with E-state index in [1.165, 1.54) is 18.5 Å². The molecule has 2 aromatic rings. The van der Waals surface area contributed by atoms with E-state index in [2.05, 4.69) is 33.4 Å². The van der Waals surface area contributed by atoms with E-state index in [1.54, 1.807) is 6.20 Å². The molecule has 0 amide bonds.